The first-order valence-corrected chi connectivity index (χ1v) is 7.93. The highest BCUT2D eigenvalue weighted by Gasteiger charge is 2.01. The van der Waals surface area contributed by atoms with Crippen LogP contribution in [0.15, 0.2) is 48.5 Å². The Bertz CT molecular complexity index is 457. The van der Waals surface area contributed by atoms with Crippen LogP contribution in [0.4, 0.5) is 0 Å². The molecule has 0 aliphatic carbocycles. The lowest BCUT2D eigenvalue weighted by Crippen LogP contribution is -1.94. The molecule has 0 amide bonds. The maximum absolute atomic E-state index is 6.09. The van der Waals surface area contributed by atoms with E-state index in [1.807, 2.05) is 0 Å². The van der Waals surface area contributed by atoms with Crippen LogP contribution >= 0.6 is 18.5 Å². The molecule has 0 aromatic heterocycles. The van der Waals surface area contributed by atoms with E-state index in [1.165, 1.54) is 22.0 Å². The first-order chi connectivity index (χ1) is 7.66. The number of hydrogen-bond donors (Lipinski definition) is 0. The molecule has 0 nitrogen and oxygen atoms in total. The van der Waals surface area contributed by atoms with Gasteiger partial charge in [-0.25, -0.2) is 0 Å². The third-order valence-corrected chi connectivity index (χ3v) is 4.20. The molecule has 2 aromatic rings. The number of halogens is 1. The van der Waals surface area contributed by atoms with Crippen molar-refractivity contribution < 1.29 is 0 Å². The van der Waals surface area contributed by atoms with E-state index in [1.54, 1.807) is 0 Å². The lowest BCUT2D eigenvalue weighted by Gasteiger charge is -2.06. The van der Waals surface area contributed by atoms with Crippen LogP contribution in [0.2, 0.25) is 0 Å². The molecule has 0 saturated heterocycles. The second-order valence-corrected chi connectivity index (χ2v) is 6.88. The maximum Gasteiger partial charge on any atom is 0.0180 e. The fourth-order valence-corrected chi connectivity index (χ4v) is 2.50. The summed E-state index contributed by atoms with van der Waals surface area (Å²) in [5.41, 5.74) is 3.79. The number of rotatable bonds is 2. The Morgan fingerprint density at radius 2 is 1.25 bits per heavy atom. The largest absolute Gasteiger partial charge is 0.0915 e. The van der Waals surface area contributed by atoms with E-state index in [0.29, 0.717) is 0 Å². The Morgan fingerprint density at radius 3 is 1.69 bits per heavy atom. The highest BCUT2D eigenvalue weighted by molar-refractivity contribution is 7.89. The van der Waals surface area contributed by atoms with Crippen LogP contribution in [0.1, 0.15) is 5.56 Å². The second-order valence-electron chi connectivity index (χ2n) is 3.89. The van der Waals surface area contributed by atoms with E-state index >= 15 is 0 Å². The van der Waals surface area contributed by atoms with Crippen molar-refractivity contribution in [2.75, 3.05) is 6.66 Å². The van der Waals surface area contributed by atoms with E-state index in [4.69, 9.17) is 11.2 Å². The summed E-state index contributed by atoms with van der Waals surface area (Å²) >= 11 is 6.09. The van der Waals surface area contributed by atoms with Crippen LogP contribution in [0.25, 0.3) is 11.1 Å². The van der Waals surface area contributed by atoms with Crippen molar-refractivity contribution in [1.82, 2.24) is 0 Å². The van der Waals surface area contributed by atoms with Crippen LogP contribution in [-0.4, -0.2) is 6.66 Å². The standard InChI is InChI=1S/C14H14ClP/c1-11-3-5-12(6-4-11)13-7-9-14(10-8-13)16(2)15/h3-10H,1-2H3. The first kappa shape index (κ1) is 11.6. The SMILES string of the molecule is Cc1ccc(-c2ccc(P(C)Cl)cc2)cc1. The van der Waals surface area contributed by atoms with Crippen molar-refractivity contribution in [3.63, 3.8) is 0 Å². The van der Waals surface area contributed by atoms with Gasteiger partial charge in [0.1, 0.15) is 0 Å². The normalized spacial score (nSPS) is 12.4. The number of benzene rings is 2. The Hall–Kier alpha value is -0.840. The third-order valence-electron chi connectivity index (χ3n) is 2.61. The van der Waals surface area contributed by atoms with Crippen LogP contribution in [0, 0.1) is 6.92 Å². The fourth-order valence-electron chi connectivity index (χ4n) is 1.61. The molecule has 0 saturated carbocycles. The number of hydrogen-bond acceptors (Lipinski definition) is 0. The van der Waals surface area contributed by atoms with Crippen molar-refractivity contribution >= 4 is 23.8 Å². The van der Waals surface area contributed by atoms with E-state index in [-0.39, 0.29) is 0 Å². The molecule has 0 N–H and O–H groups in total. The van der Waals surface area contributed by atoms with Gasteiger partial charge in [0.25, 0.3) is 0 Å². The molecule has 0 bridgehead atoms. The Labute approximate surface area is 103 Å². The summed E-state index contributed by atoms with van der Waals surface area (Å²) in [6.07, 6.45) is 0. The molecule has 0 aliphatic heterocycles. The Morgan fingerprint density at radius 1 is 0.812 bits per heavy atom. The third kappa shape index (κ3) is 2.64. The smallest absolute Gasteiger partial charge is 0.0180 e. The highest BCUT2D eigenvalue weighted by atomic mass is 35.7. The van der Waals surface area contributed by atoms with E-state index in [0.717, 1.165) is 0 Å². The molecule has 2 rings (SSSR count). The van der Waals surface area contributed by atoms with Gasteiger partial charge in [0, 0.05) is 7.27 Å². The van der Waals surface area contributed by atoms with Crippen LogP contribution in [0.5, 0.6) is 0 Å². The maximum atomic E-state index is 6.09. The molecule has 0 spiro atoms. The van der Waals surface area contributed by atoms with Gasteiger partial charge in [-0.3, -0.25) is 0 Å². The van der Waals surface area contributed by atoms with Gasteiger partial charge in [0.2, 0.25) is 0 Å². The van der Waals surface area contributed by atoms with Crippen LogP contribution in [-0.2, 0) is 0 Å². The van der Waals surface area contributed by atoms with Gasteiger partial charge >= 0.3 is 0 Å². The number of aryl methyl sites for hydroxylation is 1. The van der Waals surface area contributed by atoms with Gasteiger partial charge in [-0.1, -0.05) is 65.3 Å². The molecule has 2 heteroatoms. The summed E-state index contributed by atoms with van der Waals surface area (Å²) in [5, 5.41) is 1.23. The quantitative estimate of drug-likeness (QED) is 0.684. The summed E-state index contributed by atoms with van der Waals surface area (Å²) in [6.45, 7) is 4.16. The topological polar surface area (TPSA) is 0 Å². The van der Waals surface area contributed by atoms with E-state index in [9.17, 15) is 0 Å². The molecule has 0 heterocycles. The predicted molar refractivity (Wildman–Crippen MR) is 74.9 cm³/mol. The first-order valence-electron chi connectivity index (χ1n) is 5.23. The second kappa shape index (κ2) is 4.99. The van der Waals surface area contributed by atoms with Crippen molar-refractivity contribution in [2.45, 2.75) is 6.92 Å². The van der Waals surface area contributed by atoms with Crippen molar-refractivity contribution in [3.05, 3.63) is 54.1 Å². The molecule has 0 aliphatic rings. The average molecular weight is 249 g/mol. The highest BCUT2D eigenvalue weighted by Crippen LogP contribution is 2.35. The molecule has 0 fully saturated rings. The fraction of sp³-hybridized carbons (Fsp3) is 0.143. The zero-order chi connectivity index (χ0) is 11.5. The lowest BCUT2D eigenvalue weighted by molar-refractivity contribution is 1.47. The molecule has 0 radical (unpaired) electrons. The zero-order valence-electron chi connectivity index (χ0n) is 9.44. The van der Waals surface area contributed by atoms with Gasteiger partial charge in [0.15, 0.2) is 0 Å². The van der Waals surface area contributed by atoms with Crippen LogP contribution < -0.4 is 5.30 Å². The molecular weight excluding hydrogens is 235 g/mol. The van der Waals surface area contributed by atoms with E-state index < -0.39 is 7.27 Å². The summed E-state index contributed by atoms with van der Waals surface area (Å²) in [5.74, 6) is 0. The molecule has 82 valence electrons. The summed E-state index contributed by atoms with van der Waals surface area (Å²) in [7, 11) is -0.510. The minimum atomic E-state index is -0.510. The molecular formula is C14H14ClP. The van der Waals surface area contributed by atoms with Crippen molar-refractivity contribution in [1.29, 1.82) is 0 Å². The Kier molecular flexibility index (Phi) is 3.63. The summed E-state index contributed by atoms with van der Waals surface area (Å²) in [6, 6.07) is 17.1. The lowest BCUT2D eigenvalue weighted by atomic mass is 10.0. The minimum Gasteiger partial charge on any atom is -0.0915 e. The van der Waals surface area contributed by atoms with Gasteiger partial charge in [-0.2, -0.15) is 0 Å². The van der Waals surface area contributed by atoms with E-state index in [2.05, 4.69) is 62.1 Å². The Balaban J connectivity index is 2.31. The monoisotopic (exact) mass is 248 g/mol. The summed E-state index contributed by atoms with van der Waals surface area (Å²) in [4.78, 5) is 0. The molecule has 2 aromatic carbocycles. The van der Waals surface area contributed by atoms with Crippen LogP contribution in [0.3, 0.4) is 0 Å². The van der Waals surface area contributed by atoms with Gasteiger partial charge in [-0.15, -0.1) is 0 Å². The summed E-state index contributed by atoms with van der Waals surface area (Å²) < 4.78 is 0. The molecule has 16 heavy (non-hydrogen) atoms. The average Bonchev–Trinajstić information content (AvgIpc) is 2.30. The zero-order valence-corrected chi connectivity index (χ0v) is 11.1. The van der Waals surface area contributed by atoms with Gasteiger partial charge in [-0.05, 0) is 30.0 Å². The molecule has 1 atom stereocenters. The predicted octanol–water partition coefficient (Wildman–Crippen LogP) is 4.55. The van der Waals surface area contributed by atoms with Gasteiger partial charge < -0.3 is 0 Å². The van der Waals surface area contributed by atoms with Crippen molar-refractivity contribution in [2.24, 2.45) is 0 Å². The van der Waals surface area contributed by atoms with Gasteiger partial charge in [0.05, 0.1) is 0 Å². The minimum absolute atomic E-state index is 0.510. The van der Waals surface area contributed by atoms with Crippen molar-refractivity contribution in [3.8, 4) is 11.1 Å². The molecule has 1 unspecified atom stereocenters.